The second-order valence-corrected chi connectivity index (χ2v) is 5.04. The van der Waals surface area contributed by atoms with Crippen molar-refractivity contribution in [3.63, 3.8) is 0 Å². The van der Waals surface area contributed by atoms with E-state index in [2.05, 4.69) is 15.5 Å². The second-order valence-electron chi connectivity index (χ2n) is 5.04. The van der Waals surface area contributed by atoms with Crippen LogP contribution >= 0.6 is 0 Å². The molecule has 0 aliphatic carbocycles. The van der Waals surface area contributed by atoms with Crippen LogP contribution in [-0.4, -0.2) is 25.3 Å². The summed E-state index contributed by atoms with van der Waals surface area (Å²) in [6, 6.07) is 16.7. The van der Waals surface area contributed by atoms with Crippen LogP contribution in [0.4, 0.5) is 0 Å². The van der Waals surface area contributed by atoms with Crippen LogP contribution in [0.15, 0.2) is 73.3 Å². The van der Waals surface area contributed by atoms with Gasteiger partial charge in [-0.2, -0.15) is 5.10 Å². The number of hydrogen-bond donors (Lipinski definition) is 1. The summed E-state index contributed by atoms with van der Waals surface area (Å²) in [5, 5.41) is 4.16. The van der Waals surface area contributed by atoms with Crippen molar-refractivity contribution in [3.8, 4) is 5.69 Å². The van der Waals surface area contributed by atoms with Gasteiger partial charge < -0.3 is 0 Å². The third kappa shape index (κ3) is 2.46. The van der Waals surface area contributed by atoms with Crippen LogP contribution in [0.2, 0.25) is 0 Å². The Bertz CT molecular complexity index is 954. The molecular formula is C17H13N5O. The Morgan fingerprint density at radius 3 is 2.61 bits per heavy atom. The van der Waals surface area contributed by atoms with E-state index in [4.69, 9.17) is 0 Å². The summed E-state index contributed by atoms with van der Waals surface area (Å²) in [7, 11) is 0. The Balaban J connectivity index is 1.57. The molecule has 4 rings (SSSR count). The number of nitrogens with one attached hydrogen (secondary N) is 1. The molecule has 2 aromatic carbocycles. The fourth-order valence-corrected chi connectivity index (χ4v) is 2.41. The summed E-state index contributed by atoms with van der Waals surface area (Å²) in [6.45, 7) is 0. The largest absolute Gasteiger partial charge is 0.270 e. The molecule has 0 saturated heterocycles. The molecule has 6 nitrogen and oxygen atoms in total. The van der Waals surface area contributed by atoms with E-state index >= 15 is 0 Å². The van der Waals surface area contributed by atoms with Crippen LogP contribution in [0.25, 0.3) is 16.7 Å². The van der Waals surface area contributed by atoms with Gasteiger partial charge >= 0.3 is 0 Å². The minimum absolute atomic E-state index is 0.194. The first-order valence-electron chi connectivity index (χ1n) is 7.15. The summed E-state index contributed by atoms with van der Waals surface area (Å²) in [6.07, 6.45) is 5.16. The van der Waals surface area contributed by atoms with E-state index in [0.717, 1.165) is 16.7 Å². The summed E-state index contributed by atoms with van der Waals surface area (Å²) < 4.78 is 3.37. The van der Waals surface area contributed by atoms with E-state index in [1.165, 1.54) is 0 Å². The number of para-hydroxylation sites is 2. The van der Waals surface area contributed by atoms with Crippen LogP contribution in [-0.2, 0) is 0 Å². The summed E-state index contributed by atoms with van der Waals surface area (Å²) in [4.78, 5) is 16.6. The quantitative estimate of drug-likeness (QED) is 0.632. The molecule has 0 aliphatic rings. The summed E-state index contributed by atoms with van der Waals surface area (Å²) >= 11 is 0. The Kier molecular flexibility index (Phi) is 3.12. The molecule has 0 radical (unpaired) electrons. The maximum absolute atomic E-state index is 12.4. The Morgan fingerprint density at radius 1 is 1.00 bits per heavy atom. The van der Waals surface area contributed by atoms with Crippen LogP contribution in [0.3, 0.4) is 0 Å². The van der Waals surface area contributed by atoms with Crippen molar-refractivity contribution in [2.45, 2.75) is 0 Å². The van der Waals surface area contributed by atoms with Gasteiger partial charge in [0.25, 0.3) is 5.91 Å². The van der Waals surface area contributed by atoms with E-state index in [0.29, 0.717) is 5.56 Å². The highest BCUT2D eigenvalue weighted by molar-refractivity contribution is 6.00. The molecule has 0 spiro atoms. The fraction of sp³-hybridized carbons (Fsp3) is 0. The topological polar surface area (TPSA) is 64.7 Å². The molecule has 0 bridgehead atoms. The number of imidazole rings is 1. The number of amides is 1. The van der Waals surface area contributed by atoms with Crippen molar-refractivity contribution in [1.29, 1.82) is 0 Å². The lowest BCUT2D eigenvalue weighted by Gasteiger charge is -2.08. The van der Waals surface area contributed by atoms with E-state index in [9.17, 15) is 4.79 Å². The molecule has 23 heavy (non-hydrogen) atoms. The average molecular weight is 303 g/mol. The van der Waals surface area contributed by atoms with Gasteiger partial charge in [0.2, 0.25) is 0 Å². The predicted octanol–water partition coefficient (Wildman–Crippen LogP) is 2.61. The normalized spacial score (nSPS) is 10.8. The average Bonchev–Trinajstić information content (AvgIpc) is 3.25. The lowest BCUT2D eigenvalue weighted by molar-refractivity contribution is 0.101. The van der Waals surface area contributed by atoms with Crippen LogP contribution < -0.4 is 5.43 Å². The molecule has 2 aromatic heterocycles. The fourth-order valence-electron chi connectivity index (χ4n) is 2.41. The van der Waals surface area contributed by atoms with Crippen LogP contribution in [0.1, 0.15) is 10.4 Å². The maximum atomic E-state index is 12.4. The Hall–Kier alpha value is -3.41. The maximum Gasteiger partial charge on any atom is 0.270 e. The van der Waals surface area contributed by atoms with Crippen molar-refractivity contribution in [3.05, 3.63) is 78.9 Å². The van der Waals surface area contributed by atoms with E-state index in [1.807, 2.05) is 48.7 Å². The first kappa shape index (κ1) is 13.3. The molecule has 0 unspecified atom stereocenters. The van der Waals surface area contributed by atoms with Gasteiger partial charge in [-0.15, -0.1) is 0 Å². The second kappa shape index (κ2) is 5.42. The zero-order valence-electron chi connectivity index (χ0n) is 12.1. The standard InChI is InChI=1S/C17H13N5O/c23-17(20-22-12-18-15-4-1-2-5-16(15)22)13-6-8-14(9-7-13)21-11-3-10-19-21/h1-12H,(H,20,23). The Morgan fingerprint density at radius 2 is 1.83 bits per heavy atom. The van der Waals surface area contributed by atoms with Gasteiger partial charge in [-0.05, 0) is 42.5 Å². The molecule has 0 aliphatic heterocycles. The molecule has 0 atom stereocenters. The van der Waals surface area contributed by atoms with Crippen LogP contribution in [0, 0.1) is 0 Å². The molecule has 0 fully saturated rings. The zero-order valence-corrected chi connectivity index (χ0v) is 12.1. The zero-order chi connectivity index (χ0) is 15.6. The number of carbonyl (C=O) groups is 1. The molecule has 1 N–H and O–H groups in total. The van der Waals surface area contributed by atoms with Crippen molar-refractivity contribution in [1.82, 2.24) is 19.4 Å². The van der Waals surface area contributed by atoms with Gasteiger partial charge in [0.05, 0.1) is 16.7 Å². The molecule has 1 amide bonds. The first-order chi connectivity index (χ1) is 11.3. The van der Waals surface area contributed by atoms with Gasteiger partial charge in [-0.25, -0.2) is 14.3 Å². The van der Waals surface area contributed by atoms with Gasteiger partial charge in [0.15, 0.2) is 0 Å². The molecule has 0 saturated carbocycles. The summed E-state index contributed by atoms with van der Waals surface area (Å²) in [5.41, 5.74) is 5.99. The SMILES string of the molecule is O=C(Nn1cnc2ccccc21)c1ccc(-n2cccn2)cc1. The number of benzene rings is 2. The molecule has 2 heterocycles. The molecular weight excluding hydrogens is 290 g/mol. The third-order valence-electron chi connectivity index (χ3n) is 3.57. The smallest absolute Gasteiger partial charge is 0.267 e. The highest BCUT2D eigenvalue weighted by Crippen LogP contribution is 2.12. The lowest BCUT2D eigenvalue weighted by atomic mass is 10.2. The van der Waals surface area contributed by atoms with Crippen molar-refractivity contribution in [2.75, 3.05) is 5.43 Å². The lowest BCUT2D eigenvalue weighted by Crippen LogP contribution is -2.22. The highest BCUT2D eigenvalue weighted by Gasteiger charge is 2.08. The molecule has 112 valence electrons. The van der Waals surface area contributed by atoms with Gasteiger partial charge in [0, 0.05) is 18.0 Å². The first-order valence-corrected chi connectivity index (χ1v) is 7.15. The minimum Gasteiger partial charge on any atom is -0.267 e. The minimum atomic E-state index is -0.194. The number of hydrogen-bond acceptors (Lipinski definition) is 3. The van der Waals surface area contributed by atoms with E-state index in [1.54, 1.807) is 34.0 Å². The Labute approximate surface area is 132 Å². The molecule has 4 aromatic rings. The number of fused-ring (bicyclic) bond motifs is 1. The van der Waals surface area contributed by atoms with E-state index < -0.39 is 0 Å². The number of rotatable bonds is 3. The highest BCUT2D eigenvalue weighted by atomic mass is 16.2. The molecule has 6 heteroatoms. The van der Waals surface area contributed by atoms with Crippen LogP contribution in [0.5, 0.6) is 0 Å². The third-order valence-corrected chi connectivity index (χ3v) is 3.57. The van der Waals surface area contributed by atoms with Crippen molar-refractivity contribution in [2.24, 2.45) is 0 Å². The number of aromatic nitrogens is 4. The van der Waals surface area contributed by atoms with E-state index in [-0.39, 0.29) is 5.91 Å². The monoisotopic (exact) mass is 303 g/mol. The number of nitrogens with zero attached hydrogens (tertiary/aromatic N) is 4. The van der Waals surface area contributed by atoms with Gasteiger partial charge in [0.1, 0.15) is 6.33 Å². The number of carbonyl (C=O) groups excluding carboxylic acids is 1. The predicted molar refractivity (Wildman–Crippen MR) is 87.0 cm³/mol. The van der Waals surface area contributed by atoms with Gasteiger partial charge in [-0.1, -0.05) is 12.1 Å². The van der Waals surface area contributed by atoms with Crippen molar-refractivity contribution >= 4 is 16.9 Å². The summed E-state index contributed by atoms with van der Waals surface area (Å²) in [5.74, 6) is -0.194. The van der Waals surface area contributed by atoms with Gasteiger partial charge in [-0.3, -0.25) is 10.2 Å². The van der Waals surface area contributed by atoms with Crippen molar-refractivity contribution < 1.29 is 4.79 Å².